The molecule has 9 heteroatoms. The quantitative estimate of drug-likeness (QED) is 0.796. The number of aromatic carboxylic acids is 1. The van der Waals surface area contributed by atoms with Gasteiger partial charge in [-0.1, -0.05) is 0 Å². The van der Waals surface area contributed by atoms with Gasteiger partial charge in [-0.05, 0) is 49.7 Å². The normalized spacial score (nSPS) is 18.8. The summed E-state index contributed by atoms with van der Waals surface area (Å²) in [5.41, 5.74) is 0.239. The minimum Gasteiger partial charge on any atom is -0.478 e. The van der Waals surface area contributed by atoms with Crippen LogP contribution in [0.3, 0.4) is 0 Å². The molecule has 0 aliphatic carbocycles. The van der Waals surface area contributed by atoms with Gasteiger partial charge >= 0.3 is 5.97 Å². The molecule has 1 N–H and O–H groups in total. The van der Waals surface area contributed by atoms with Crippen molar-refractivity contribution in [1.29, 1.82) is 0 Å². The van der Waals surface area contributed by atoms with Gasteiger partial charge in [0.2, 0.25) is 11.1 Å². The number of pyridine rings is 1. The predicted molar refractivity (Wildman–Crippen MR) is 115 cm³/mol. The van der Waals surface area contributed by atoms with E-state index in [2.05, 4.69) is 24.1 Å². The molecular weight excluding hydrogens is 388 g/mol. The molecule has 0 atom stereocenters. The summed E-state index contributed by atoms with van der Waals surface area (Å²) in [5, 5.41) is 10.1. The van der Waals surface area contributed by atoms with Gasteiger partial charge in [-0.3, -0.25) is 0 Å². The summed E-state index contributed by atoms with van der Waals surface area (Å²) in [6, 6.07) is 3.47. The first-order valence-corrected chi connectivity index (χ1v) is 11.0. The van der Waals surface area contributed by atoms with Gasteiger partial charge < -0.3 is 19.8 Å². The van der Waals surface area contributed by atoms with E-state index in [4.69, 9.17) is 5.11 Å². The van der Waals surface area contributed by atoms with Crippen LogP contribution < -0.4 is 14.7 Å². The Hall–Kier alpha value is -2.42. The topological polar surface area (TPSA) is 85.7 Å². The molecule has 2 aromatic heterocycles. The van der Waals surface area contributed by atoms with E-state index in [-0.39, 0.29) is 5.56 Å². The van der Waals surface area contributed by atoms with Crippen LogP contribution in [0.5, 0.6) is 0 Å². The first kappa shape index (κ1) is 19.9. The summed E-state index contributed by atoms with van der Waals surface area (Å²) in [4.78, 5) is 26.6. The third-order valence-electron chi connectivity index (χ3n) is 6.14. The number of nitrogens with zero attached hydrogens (tertiary/aromatic N) is 6. The minimum absolute atomic E-state index is 0.239. The van der Waals surface area contributed by atoms with E-state index in [0.717, 1.165) is 54.9 Å². The standard InChI is InChI=1S/C20H28N6O2S/c1-24(2)19-22-20(29-23-19)26-11-7-15(8-12-26)14-5-9-25(10-6-14)17-4-3-16(13-21-17)18(27)28/h3-4,13-15H,5-12H2,1-2H3,(H,27,28). The van der Waals surface area contributed by atoms with Crippen molar-refractivity contribution in [2.75, 3.05) is 55.0 Å². The summed E-state index contributed by atoms with van der Waals surface area (Å²) in [6.45, 7) is 4.11. The van der Waals surface area contributed by atoms with Crippen LogP contribution in [0.15, 0.2) is 18.3 Å². The van der Waals surface area contributed by atoms with Gasteiger partial charge in [0.1, 0.15) is 5.82 Å². The number of hydrogen-bond acceptors (Lipinski definition) is 8. The predicted octanol–water partition coefficient (Wildman–Crippen LogP) is 2.83. The van der Waals surface area contributed by atoms with Crippen molar-refractivity contribution < 1.29 is 9.90 Å². The number of carboxylic acid groups (broad SMARTS) is 1. The molecule has 2 aromatic rings. The Labute approximate surface area is 175 Å². The molecule has 4 rings (SSSR count). The Kier molecular flexibility index (Phi) is 5.84. The van der Waals surface area contributed by atoms with Crippen molar-refractivity contribution in [3.05, 3.63) is 23.9 Å². The van der Waals surface area contributed by atoms with E-state index in [1.165, 1.54) is 43.4 Å². The van der Waals surface area contributed by atoms with E-state index in [1.807, 2.05) is 25.1 Å². The maximum atomic E-state index is 11.0. The Morgan fingerprint density at radius 2 is 1.69 bits per heavy atom. The Balaban J connectivity index is 1.27. The summed E-state index contributed by atoms with van der Waals surface area (Å²) in [5.74, 6) is 2.29. The third-order valence-corrected chi connectivity index (χ3v) is 6.91. The van der Waals surface area contributed by atoms with Gasteiger partial charge in [-0.25, -0.2) is 9.78 Å². The molecule has 0 saturated carbocycles. The number of hydrogen-bond donors (Lipinski definition) is 1. The molecule has 0 unspecified atom stereocenters. The first-order valence-electron chi connectivity index (χ1n) is 10.2. The van der Waals surface area contributed by atoms with E-state index >= 15 is 0 Å². The molecule has 8 nitrogen and oxygen atoms in total. The average Bonchev–Trinajstić information content (AvgIpc) is 3.25. The molecule has 0 amide bonds. The SMILES string of the molecule is CN(C)c1nsc(N2CCC(C3CCN(c4ccc(C(=O)O)cn4)CC3)CC2)n1. The molecule has 0 bridgehead atoms. The lowest BCUT2D eigenvalue weighted by atomic mass is 9.79. The fourth-order valence-corrected chi connectivity index (χ4v) is 5.17. The first-order chi connectivity index (χ1) is 14.0. The highest BCUT2D eigenvalue weighted by Gasteiger charge is 2.30. The van der Waals surface area contributed by atoms with Crippen LogP contribution in [-0.4, -0.2) is 65.7 Å². The lowest BCUT2D eigenvalue weighted by Gasteiger charge is -2.40. The highest BCUT2D eigenvalue weighted by Crippen LogP contribution is 2.35. The maximum Gasteiger partial charge on any atom is 0.337 e. The van der Waals surface area contributed by atoms with Crippen LogP contribution >= 0.6 is 11.5 Å². The summed E-state index contributed by atoms with van der Waals surface area (Å²) < 4.78 is 4.42. The number of rotatable bonds is 5. The summed E-state index contributed by atoms with van der Waals surface area (Å²) in [7, 11) is 3.95. The Bertz CT molecular complexity index is 824. The zero-order valence-corrected chi connectivity index (χ0v) is 17.8. The highest BCUT2D eigenvalue weighted by atomic mass is 32.1. The monoisotopic (exact) mass is 416 g/mol. The second kappa shape index (κ2) is 8.52. The van der Waals surface area contributed by atoms with E-state index in [0.29, 0.717) is 0 Å². The van der Waals surface area contributed by atoms with Gasteiger partial charge in [-0.15, -0.1) is 0 Å². The lowest BCUT2D eigenvalue weighted by Crippen LogP contribution is -2.41. The minimum atomic E-state index is -0.930. The maximum absolute atomic E-state index is 11.0. The van der Waals surface area contributed by atoms with Crippen molar-refractivity contribution >= 4 is 34.4 Å². The van der Waals surface area contributed by atoms with Gasteiger partial charge in [0.15, 0.2) is 0 Å². The van der Waals surface area contributed by atoms with Crippen LogP contribution in [0, 0.1) is 11.8 Å². The van der Waals surface area contributed by atoms with E-state index in [1.54, 1.807) is 6.07 Å². The second-order valence-electron chi connectivity index (χ2n) is 8.13. The smallest absolute Gasteiger partial charge is 0.337 e. The van der Waals surface area contributed by atoms with Crippen molar-refractivity contribution in [3.8, 4) is 0 Å². The van der Waals surface area contributed by atoms with Crippen LogP contribution in [0.25, 0.3) is 0 Å². The Morgan fingerprint density at radius 1 is 1.07 bits per heavy atom. The van der Waals surface area contributed by atoms with Gasteiger partial charge in [-0.2, -0.15) is 9.36 Å². The van der Waals surface area contributed by atoms with Gasteiger partial charge in [0, 0.05) is 58.0 Å². The number of piperidine rings is 2. The molecule has 0 aromatic carbocycles. The molecular formula is C20H28N6O2S. The lowest BCUT2D eigenvalue weighted by molar-refractivity contribution is 0.0696. The van der Waals surface area contributed by atoms with Crippen molar-refractivity contribution in [1.82, 2.24) is 14.3 Å². The van der Waals surface area contributed by atoms with Crippen LogP contribution in [0.4, 0.5) is 16.9 Å². The number of anilines is 3. The van der Waals surface area contributed by atoms with Gasteiger partial charge in [0.25, 0.3) is 0 Å². The van der Waals surface area contributed by atoms with Crippen molar-refractivity contribution in [2.45, 2.75) is 25.7 Å². The molecule has 2 fully saturated rings. The van der Waals surface area contributed by atoms with Crippen LogP contribution in [0.2, 0.25) is 0 Å². The highest BCUT2D eigenvalue weighted by molar-refractivity contribution is 7.09. The number of carboxylic acids is 1. The molecule has 0 spiro atoms. The molecule has 2 aliphatic heterocycles. The summed E-state index contributed by atoms with van der Waals surface area (Å²) >= 11 is 1.49. The van der Waals surface area contributed by atoms with Crippen LogP contribution in [0.1, 0.15) is 36.0 Å². The van der Waals surface area contributed by atoms with Gasteiger partial charge in [0.05, 0.1) is 5.56 Å². The largest absolute Gasteiger partial charge is 0.478 e. The Morgan fingerprint density at radius 3 is 2.17 bits per heavy atom. The average molecular weight is 417 g/mol. The second-order valence-corrected chi connectivity index (χ2v) is 8.86. The van der Waals surface area contributed by atoms with Crippen LogP contribution in [-0.2, 0) is 0 Å². The zero-order chi connectivity index (χ0) is 20.4. The number of aromatic nitrogens is 3. The molecule has 2 aliphatic rings. The third kappa shape index (κ3) is 4.44. The van der Waals surface area contributed by atoms with Crippen molar-refractivity contribution in [3.63, 3.8) is 0 Å². The summed E-state index contributed by atoms with van der Waals surface area (Å²) in [6.07, 6.45) is 6.24. The molecule has 29 heavy (non-hydrogen) atoms. The fourth-order valence-electron chi connectivity index (χ4n) is 4.38. The molecule has 0 radical (unpaired) electrons. The van der Waals surface area contributed by atoms with Crippen molar-refractivity contribution in [2.24, 2.45) is 11.8 Å². The zero-order valence-electron chi connectivity index (χ0n) is 17.0. The number of carbonyl (C=O) groups is 1. The molecule has 2 saturated heterocycles. The van der Waals surface area contributed by atoms with E-state index < -0.39 is 5.97 Å². The van der Waals surface area contributed by atoms with E-state index in [9.17, 15) is 4.79 Å². The fraction of sp³-hybridized carbons (Fsp3) is 0.600. The molecule has 156 valence electrons. The molecule has 4 heterocycles.